The van der Waals surface area contributed by atoms with E-state index in [-0.39, 0.29) is 0 Å². The van der Waals surface area contributed by atoms with E-state index < -0.39 is 0 Å². The minimum absolute atomic E-state index is 0.470. The normalized spacial score (nSPS) is 31.9. The van der Waals surface area contributed by atoms with Crippen molar-refractivity contribution >= 4 is 5.95 Å². The van der Waals surface area contributed by atoms with Crippen LogP contribution in [0, 0.1) is 5.92 Å². The number of anilines is 1. The van der Waals surface area contributed by atoms with Gasteiger partial charge in [0.1, 0.15) is 5.75 Å². The summed E-state index contributed by atoms with van der Waals surface area (Å²) in [4.78, 5) is 9.87. The van der Waals surface area contributed by atoms with Crippen LogP contribution in [0.1, 0.15) is 43.6 Å². The monoisotopic (exact) mass is 368 g/mol. The van der Waals surface area contributed by atoms with Crippen LogP contribution in [-0.4, -0.2) is 53.9 Å². The van der Waals surface area contributed by atoms with Gasteiger partial charge in [-0.1, -0.05) is 19.1 Å². The first-order valence-corrected chi connectivity index (χ1v) is 10.3. The second-order valence-electron chi connectivity index (χ2n) is 8.12. The molecule has 6 heteroatoms. The summed E-state index contributed by atoms with van der Waals surface area (Å²) in [6, 6.07) is 9.65. The third-order valence-electron chi connectivity index (χ3n) is 6.72. The Morgan fingerprint density at radius 2 is 1.93 bits per heavy atom. The standard InChI is InChI=1S/C21H28N4O2/c1-3-4-18-22-21(23-27-18)25-13-17(14-5-7-16(26-2)8-6-14)20-19(25)15-9-11-24(20)12-10-15/h5-8,15,17,19-20H,3-4,9-13H2,1-2H3. The van der Waals surface area contributed by atoms with Gasteiger partial charge in [0.2, 0.25) is 5.89 Å². The molecular formula is C21H28N4O2. The third-order valence-corrected chi connectivity index (χ3v) is 6.72. The van der Waals surface area contributed by atoms with Crippen LogP contribution in [0.5, 0.6) is 5.75 Å². The average Bonchev–Trinajstić information content (AvgIpc) is 3.35. The topological polar surface area (TPSA) is 54.6 Å². The van der Waals surface area contributed by atoms with Crippen LogP contribution in [0.15, 0.2) is 28.8 Å². The zero-order valence-corrected chi connectivity index (χ0v) is 16.2. The van der Waals surface area contributed by atoms with Gasteiger partial charge in [0.15, 0.2) is 0 Å². The average molecular weight is 368 g/mol. The van der Waals surface area contributed by atoms with Gasteiger partial charge < -0.3 is 14.2 Å². The maximum atomic E-state index is 5.52. The highest BCUT2D eigenvalue weighted by atomic mass is 16.5. The van der Waals surface area contributed by atoms with E-state index in [0.29, 0.717) is 18.0 Å². The van der Waals surface area contributed by atoms with Crippen molar-refractivity contribution in [2.75, 3.05) is 31.6 Å². The molecule has 6 nitrogen and oxygen atoms in total. The lowest BCUT2D eigenvalue weighted by molar-refractivity contribution is 0.0352. The summed E-state index contributed by atoms with van der Waals surface area (Å²) in [6.45, 7) is 5.54. The zero-order valence-electron chi connectivity index (χ0n) is 16.2. The van der Waals surface area contributed by atoms with Gasteiger partial charge in [-0.05, 0) is 61.1 Å². The molecule has 1 aromatic carbocycles. The molecule has 2 bridgehead atoms. The molecule has 0 aliphatic carbocycles. The number of hydrogen-bond donors (Lipinski definition) is 0. The van der Waals surface area contributed by atoms with Crippen molar-refractivity contribution in [1.29, 1.82) is 0 Å². The van der Waals surface area contributed by atoms with Crippen molar-refractivity contribution in [3.63, 3.8) is 0 Å². The van der Waals surface area contributed by atoms with Crippen LogP contribution >= 0.6 is 0 Å². The summed E-state index contributed by atoms with van der Waals surface area (Å²) >= 11 is 0. The Kier molecular flexibility index (Phi) is 4.31. The fraction of sp³-hybridized carbons (Fsp3) is 0.619. The number of piperidine rings is 3. The molecule has 0 amide bonds. The number of hydrogen-bond acceptors (Lipinski definition) is 6. The number of rotatable bonds is 5. The number of ether oxygens (including phenoxy) is 1. The van der Waals surface area contributed by atoms with Crippen LogP contribution in [0.25, 0.3) is 0 Å². The van der Waals surface area contributed by atoms with E-state index in [9.17, 15) is 0 Å². The Morgan fingerprint density at radius 1 is 1.15 bits per heavy atom. The third kappa shape index (κ3) is 2.81. The minimum Gasteiger partial charge on any atom is -0.497 e. The molecule has 3 atom stereocenters. The van der Waals surface area contributed by atoms with Crippen molar-refractivity contribution in [3.8, 4) is 5.75 Å². The second kappa shape index (κ2) is 6.82. The SMILES string of the molecule is CCCc1nc(N2CC(c3ccc(OC)cc3)C3C2C2CCN3CC2)no1. The summed E-state index contributed by atoms with van der Waals surface area (Å²) < 4.78 is 10.9. The molecule has 1 aromatic heterocycles. The van der Waals surface area contributed by atoms with E-state index in [0.717, 1.165) is 42.9 Å². The number of methoxy groups -OCH3 is 1. The first-order chi connectivity index (χ1) is 13.3. The first kappa shape index (κ1) is 17.0. The van der Waals surface area contributed by atoms with E-state index in [2.05, 4.69) is 46.1 Å². The van der Waals surface area contributed by atoms with Gasteiger partial charge in [0.05, 0.1) is 13.2 Å². The maximum absolute atomic E-state index is 5.52. The smallest absolute Gasteiger partial charge is 0.266 e. The van der Waals surface area contributed by atoms with Crippen LogP contribution in [0.4, 0.5) is 5.95 Å². The molecule has 5 heterocycles. The first-order valence-electron chi connectivity index (χ1n) is 10.3. The molecule has 2 aromatic rings. The van der Waals surface area contributed by atoms with Crippen LogP contribution < -0.4 is 9.64 Å². The lowest BCUT2D eigenvalue weighted by Gasteiger charge is -2.51. The number of benzene rings is 1. The molecule has 4 aliphatic heterocycles. The summed E-state index contributed by atoms with van der Waals surface area (Å²) in [5.41, 5.74) is 1.39. The maximum Gasteiger partial charge on any atom is 0.266 e. The second-order valence-corrected chi connectivity index (χ2v) is 8.12. The quantitative estimate of drug-likeness (QED) is 0.808. The fourth-order valence-corrected chi connectivity index (χ4v) is 5.47. The number of nitrogens with zero attached hydrogens (tertiary/aromatic N) is 4. The Morgan fingerprint density at radius 3 is 2.63 bits per heavy atom. The molecule has 0 N–H and O–H groups in total. The van der Waals surface area contributed by atoms with Crippen LogP contribution in [0.3, 0.4) is 0 Å². The van der Waals surface area contributed by atoms with Gasteiger partial charge in [-0.25, -0.2) is 0 Å². The van der Waals surface area contributed by atoms with Gasteiger partial charge in [0, 0.05) is 24.9 Å². The highest BCUT2D eigenvalue weighted by Gasteiger charge is 2.54. The highest BCUT2D eigenvalue weighted by molar-refractivity contribution is 5.42. The molecule has 4 fully saturated rings. The molecule has 6 rings (SSSR count). The molecule has 0 saturated carbocycles. The Balaban J connectivity index is 1.49. The van der Waals surface area contributed by atoms with Crippen molar-refractivity contribution in [2.24, 2.45) is 5.92 Å². The number of aromatic nitrogens is 2. The fourth-order valence-electron chi connectivity index (χ4n) is 5.47. The lowest BCUT2D eigenvalue weighted by atomic mass is 9.75. The molecule has 0 spiro atoms. The molecular weight excluding hydrogens is 340 g/mol. The van der Waals surface area contributed by atoms with E-state index in [1.54, 1.807) is 7.11 Å². The Hall–Kier alpha value is -2.08. The van der Waals surface area contributed by atoms with Crippen molar-refractivity contribution in [3.05, 3.63) is 35.7 Å². The molecule has 0 radical (unpaired) electrons. The van der Waals surface area contributed by atoms with Crippen LogP contribution in [-0.2, 0) is 6.42 Å². The molecule has 27 heavy (non-hydrogen) atoms. The molecule has 144 valence electrons. The zero-order chi connectivity index (χ0) is 18.4. The lowest BCUT2D eigenvalue weighted by Crippen LogP contribution is -2.60. The minimum atomic E-state index is 0.470. The Labute approximate surface area is 160 Å². The predicted molar refractivity (Wildman–Crippen MR) is 103 cm³/mol. The van der Waals surface area contributed by atoms with Gasteiger partial charge in [-0.3, -0.25) is 4.90 Å². The van der Waals surface area contributed by atoms with E-state index in [4.69, 9.17) is 14.2 Å². The summed E-state index contributed by atoms with van der Waals surface area (Å²) in [6.07, 6.45) is 4.45. The van der Waals surface area contributed by atoms with Gasteiger partial charge in [0.25, 0.3) is 5.95 Å². The predicted octanol–water partition coefficient (Wildman–Crippen LogP) is 3.10. The molecule has 4 saturated heterocycles. The number of aryl methyl sites for hydroxylation is 1. The summed E-state index contributed by atoms with van der Waals surface area (Å²) in [5.74, 6) is 3.67. The van der Waals surface area contributed by atoms with Gasteiger partial charge >= 0.3 is 0 Å². The number of fused-ring (bicyclic) bond motifs is 2. The van der Waals surface area contributed by atoms with Gasteiger partial charge in [-0.2, -0.15) is 4.98 Å². The summed E-state index contributed by atoms with van der Waals surface area (Å²) in [7, 11) is 1.72. The Bertz CT molecular complexity index is 782. The van der Waals surface area contributed by atoms with Crippen LogP contribution in [0.2, 0.25) is 0 Å². The summed E-state index contributed by atoms with van der Waals surface area (Å²) in [5, 5.41) is 4.35. The van der Waals surface area contributed by atoms with Crippen molar-refractivity contribution in [1.82, 2.24) is 15.0 Å². The molecule has 3 unspecified atom stereocenters. The van der Waals surface area contributed by atoms with Crippen molar-refractivity contribution < 1.29 is 9.26 Å². The van der Waals surface area contributed by atoms with E-state index >= 15 is 0 Å². The van der Waals surface area contributed by atoms with Gasteiger partial charge in [-0.15, -0.1) is 0 Å². The largest absolute Gasteiger partial charge is 0.497 e. The van der Waals surface area contributed by atoms with Crippen molar-refractivity contribution in [2.45, 2.75) is 50.6 Å². The molecule has 4 aliphatic rings. The van der Waals surface area contributed by atoms with E-state index in [1.807, 2.05) is 0 Å². The highest BCUT2D eigenvalue weighted by Crippen LogP contribution is 2.47. The van der Waals surface area contributed by atoms with E-state index in [1.165, 1.54) is 31.5 Å².